The normalized spacial score (nSPS) is 11.9. The Morgan fingerprint density at radius 1 is 0.818 bits per heavy atom. The summed E-state index contributed by atoms with van der Waals surface area (Å²) in [5.74, 6) is -0.802. The van der Waals surface area contributed by atoms with E-state index in [2.05, 4.69) is 5.32 Å². The smallest absolute Gasteiger partial charge is 0.264 e. The van der Waals surface area contributed by atoms with Crippen LogP contribution in [0.1, 0.15) is 36.5 Å². The number of hydrogen-bond acceptors (Lipinski definition) is 4. The lowest BCUT2D eigenvalue weighted by atomic mass is 10.0. The summed E-state index contributed by atoms with van der Waals surface area (Å²) in [6.45, 7) is 3.98. The maximum atomic E-state index is 14.4. The van der Waals surface area contributed by atoms with Gasteiger partial charge in [0.15, 0.2) is 0 Å². The molecule has 0 aliphatic carbocycles. The van der Waals surface area contributed by atoms with Crippen LogP contribution in [0.5, 0.6) is 0 Å². The van der Waals surface area contributed by atoms with E-state index in [1.54, 1.807) is 66.7 Å². The SMILES string of the molecule is CCCCNC(=O)[C@H](Cc1ccccc1)N(Cc1ccc(Cl)cc1)C(=O)CN(c1ccccc1)S(=O)(=O)c1ccc(C)cc1. The third-order valence-corrected chi connectivity index (χ3v) is 9.34. The first-order valence-corrected chi connectivity index (χ1v) is 16.5. The highest BCUT2D eigenvalue weighted by Gasteiger charge is 2.34. The summed E-state index contributed by atoms with van der Waals surface area (Å²) < 4.78 is 29.2. The van der Waals surface area contributed by atoms with Gasteiger partial charge in [0.05, 0.1) is 10.6 Å². The van der Waals surface area contributed by atoms with Crippen LogP contribution in [0, 0.1) is 6.92 Å². The Morgan fingerprint density at radius 3 is 2.05 bits per heavy atom. The molecule has 7 nitrogen and oxygen atoms in total. The molecule has 0 radical (unpaired) electrons. The topological polar surface area (TPSA) is 86.8 Å². The molecule has 0 bridgehead atoms. The van der Waals surface area contributed by atoms with E-state index in [-0.39, 0.29) is 23.8 Å². The van der Waals surface area contributed by atoms with Gasteiger partial charge in [0.1, 0.15) is 12.6 Å². The number of anilines is 1. The van der Waals surface area contributed by atoms with Crippen LogP contribution in [-0.2, 0) is 32.6 Å². The predicted octanol–water partition coefficient (Wildman–Crippen LogP) is 6.40. The molecule has 0 aromatic heterocycles. The van der Waals surface area contributed by atoms with E-state index in [1.165, 1.54) is 17.0 Å². The lowest BCUT2D eigenvalue weighted by Crippen LogP contribution is -2.53. The van der Waals surface area contributed by atoms with Gasteiger partial charge in [-0.05, 0) is 60.9 Å². The van der Waals surface area contributed by atoms with E-state index < -0.39 is 28.5 Å². The van der Waals surface area contributed by atoms with Gasteiger partial charge in [-0.1, -0.05) is 103 Å². The van der Waals surface area contributed by atoms with Gasteiger partial charge in [-0.25, -0.2) is 8.42 Å². The van der Waals surface area contributed by atoms with Gasteiger partial charge in [0.2, 0.25) is 11.8 Å². The molecule has 4 aromatic carbocycles. The second-order valence-corrected chi connectivity index (χ2v) is 13.0. The molecule has 9 heteroatoms. The van der Waals surface area contributed by atoms with Crippen molar-refractivity contribution in [2.45, 2.75) is 50.6 Å². The number of para-hydroxylation sites is 1. The largest absolute Gasteiger partial charge is 0.354 e. The number of halogens is 1. The molecule has 1 N–H and O–H groups in total. The highest BCUT2D eigenvalue weighted by molar-refractivity contribution is 7.92. The molecule has 0 saturated heterocycles. The number of amides is 2. The van der Waals surface area contributed by atoms with E-state index in [1.807, 2.05) is 44.2 Å². The predicted molar refractivity (Wildman–Crippen MR) is 176 cm³/mol. The van der Waals surface area contributed by atoms with Gasteiger partial charge in [0.25, 0.3) is 10.0 Å². The molecule has 230 valence electrons. The maximum Gasteiger partial charge on any atom is 0.264 e. The number of unbranched alkanes of at least 4 members (excludes halogenated alkanes) is 1. The Bertz CT molecular complexity index is 1610. The molecular weight excluding hydrogens is 594 g/mol. The molecule has 4 aromatic rings. The number of hydrogen-bond donors (Lipinski definition) is 1. The molecule has 0 heterocycles. The zero-order chi connectivity index (χ0) is 31.5. The molecule has 0 unspecified atom stereocenters. The third kappa shape index (κ3) is 8.71. The maximum absolute atomic E-state index is 14.4. The fraction of sp³-hybridized carbons (Fsp3) is 0.257. The summed E-state index contributed by atoms with van der Waals surface area (Å²) in [5, 5.41) is 3.54. The van der Waals surface area contributed by atoms with Gasteiger partial charge in [-0.3, -0.25) is 13.9 Å². The van der Waals surface area contributed by atoms with Crippen LogP contribution in [0.3, 0.4) is 0 Å². The minimum absolute atomic E-state index is 0.0714. The Hall–Kier alpha value is -4.14. The number of carbonyl (C=O) groups is 2. The monoisotopic (exact) mass is 631 g/mol. The zero-order valence-corrected chi connectivity index (χ0v) is 26.6. The van der Waals surface area contributed by atoms with Crippen molar-refractivity contribution < 1.29 is 18.0 Å². The first-order valence-electron chi connectivity index (χ1n) is 14.7. The van der Waals surface area contributed by atoms with E-state index in [4.69, 9.17) is 11.6 Å². The first-order chi connectivity index (χ1) is 21.2. The standard InChI is InChI=1S/C35H38ClN3O4S/c1-3-4-23-37-35(41)33(24-28-11-7-5-8-12-28)38(25-29-17-19-30(36)20-18-29)34(40)26-39(31-13-9-6-10-14-31)44(42,43)32-21-15-27(2)16-22-32/h5-22,33H,3-4,23-26H2,1-2H3,(H,37,41)/t33-/m0/s1. The van der Waals surface area contributed by atoms with Gasteiger partial charge in [0, 0.05) is 24.5 Å². The Kier molecular flexibility index (Phi) is 11.6. The van der Waals surface area contributed by atoms with Crippen molar-refractivity contribution in [2.75, 3.05) is 17.4 Å². The summed E-state index contributed by atoms with van der Waals surface area (Å²) in [5.41, 5.74) is 2.90. The zero-order valence-electron chi connectivity index (χ0n) is 25.0. The minimum atomic E-state index is -4.13. The lowest BCUT2D eigenvalue weighted by Gasteiger charge is -2.34. The molecule has 1 atom stereocenters. The highest BCUT2D eigenvalue weighted by Crippen LogP contribution is 2.25. The van der Waals surface area contributed by atoms with Crippen molar-refractivity contribution in [1.29, 1.82) is 0 Å². The van der Waals surface area contributed by atoms with Gasteiger partial charge in [-0.2, -0.15) is 0 Å². The van der Waals surface area contributed by atoms with Crippen molar-refractivity contribution in [3.8, 4) is 0 Å². The summed E-state index contributed by atoms with van der Waals surface area (Å²) in [7, 11) is -4.13. The second kappa shape index (κ2) is 15.5. The van der Waals surface area contributed by atoms with E-state index in [9.17, 15) is 18.0 Å². The Balaban J connectivity index is 1.76. The molecule has 0 fully saturated rings. The number of nitrogens with one attached hydrogen (secondary N) is 1. The fourth-order valence-corrected chi connectivity index (χ4v) is 6.35. The van der Waals surface area contributed by atoms with Crippen LogP contribution in [0.25, 0.3) is 0 Å². The summed E-state index contributed by atoms with van der Waals surface area (Å²) in [6.07, 6.45) is 1.96. The van der Waals surface area contributed by atoms with E-state index >= 15 is 0 Å². The quantitative estimate of drug-likeness (QED) is 0.163. The van der Waals surface area contributed by atoms with Crippen LogP contribution >= 0.6 is 11.6 Å². The van der Waals surface area contributed by atoms with Gasteiger partial charge >= 0.3 is 0 Å². The number of aryl methyl sites for hydroxylation is 1. The average Bonchev–Trinajstić information content (AvgIpc) is 3.03. The van der Waals surface area contributed by atoms with Crippen molar-refractivity contribution >= 4 is 39.1 Å². The number of benzene rings is 4. The van der Waals surface area contributed by atoms with Crippen LogP contribution in [0.2, 0.25) is 5.02 Å². The van der Waals surface area contributed by atoms with Crippen molar-refractivity contribution in [2.24, 2.45) is 0 Å². The number of carbonyl (C=O) groups excluding carboxylic acids is 2. The Morgan fingerprint density at radius 2 is 1.43 bits per heavy atom. The highest BCUT2D eigenvalue weighted by atomic mass is 35.5. The average molecular weight is 632 g/mol. The summed E-state index contributed by atoms with van der Waals surface area (Å²) >= 11 is 6.14. The van der Waals surface area contributed by atoms with Gasteiger partial charge in [-0.15, -0.1) is 0 Å². The number of rotatable bonds is 14. The summed E-state index contributed by atoms with van der Waals surface area (Å²) in [4.78, 5) is 29.7. The molecular formula is C35H38ClN3O4S. The van der Waals surface area contributed by atoms with Gasteiger partial charge < -0.3 is 10.2 Å². The lowest BCUT2D eigenvalue weighted by molar-refractivity contribution is -0.140. The molecule has 44 heavy (non-hydrogen) atoms. The molecule has 2 amide bonds. The molecule has 0 saturated carbocycles. The number of nitrogens with zero attached hydrogens (tertiary/aromatic N) is 2. The molecule has 0 aliphatic heterocycles. The van der Waals surface area contributed by atoms with Crippen LogP contribution in [0.4, 0.5) is 5.69 Å². The van der Waals surface area contributed by atoms with Crippen LogP contribution < -0.4 is 9.62 Å². The molecule has 0 aliphatic rings. The number of sulfonamides is 1. The Labute approximate surface area is 265 Å². The van der Waals surface area contributed by atoms with Crippen molar-refractivity contribution in [3.05, 3.63) is 131 Å². The second-order valence-electron chi connectivity index (χ2n) is 10.7. The fourth-order valence-electron chi connectivity index (χ4n) is 4.81. The summed E-state index contributed by atoms with van der Waals surface area (Å²) in [6, 6.07) is 30.7. The first kappa shape index (κ1) is 32.8. The van der Waals surface area contributed by atoms with E-state index in [0.717, 1.165) is 33.8 Å². The van der Waals surface area contributed by atoms with Crippen LogP contribution in [0.15, 0.2) is 114 Å². The van der Waals surface area contributed by atoms with E-state index in [0.29, 0.717) is 17.3 Å². The molecule has 4 rings (SSSR count). The van der Waals surface area contributed by atoms with Crippen molar-refractivity contribution in [3.63, 3.8) is 0 Å². The van der Waals surface area contributed by atoms with Crippen molar-refractivity contribution in [1.82, 2.24) is 10.2 Å². The minimum Gasteiger partial charge on any atom is -0.354 e. The third-order valence-electron chi connectivity index (χ3n) is 7.30. The molecule has 0 spiro atoms. The van der Waals surface area contributed by atoms with Crippen LogP contribution in [-0.4, -0.2) is 44.3 Å².